The highest BCUT2D eigenvalue weighted by atomic mass is 16.5. The van der Waals surface area contributed by atoms with Crippen LogP contribution in [-0.4, -0.2) is 15.1 Å². The second-order valence-electron chi connectivity index (χ2n) is 3.94. The quantitative estimate of drug-likeness (QED) is 0.526. The summed E-state index contributed by atoms with van der Waals surface area (Å²) in [5, 5.41) is 4.71. The molecule has 2 aromatic heterocycles. The van der Waals surface area contributed by atoms with E-state index in [4.69, 9.17) is 10.4 Å². The molecule has 0 saturated heterocycles. The van der Waals surface area contributed by atoms with E-state index >= 15 is 0 Å². The van der Waals surface area contributed by atoms with Gasteiger partial charge in [0.25, 0.3) is 5.71 Å². The normalized spacial score (nSPS) is 10.8. The lowest BCUT2D eigenvalue weighted by atomic mass is 10.1. The molecule has 3 aromatic rings. The molecule has 0 radical (unpaired) electrons. The zero-order chi connectivity index (χ0) is 12.5. The molecule has 0 saturated carbocycles. The molecule has 0 fully saturated rings. The van der Waals surface area contributed by atoms with E-state index in [1.165, 1.54) is 11.9 Å². The number of nitrogen functional groups attached to an aromatic ring is 1. The predicted molar refractivity (Wildman–Crippen MR) is 67.6 cm³/mol. The van der Waals surface area contributed by atoms with Crippen LogP contribution in [-0.2, 0) is 0 Å². The number of fused-ring (bicyclic) bond motifs is 1. The van der Waals surface area contributed by atoms with Crippen molar-refractivity contribution in [3.8, 4) is 11.3 Å². The second kappa shape index (κ2) is 4.08. The molecule has 0 atom stereocenters. The summed E-state index contributed by atoms with van der Waals surface area (Å²) in [5.41, 5.74) is 5.73. The molecule has 3 N–H and O–H groups in total. The van der Waals surface area contributed by atoms with Crippen molar-refractivity contribution in [2.45, 2.75) is 6.92 Å². The molecule has 0 bridgehead atoms. The Morgan fingerprint density at radius 1 is 1.17 bits per heavy atom. The topological polar surface area (TPSA) is 89.9 Å². The number of benzene rings is 1. The average molecular weight is 241 g/mol. The van der Waals surface area contributed by atoms with E-state index in [9.17, 15) is 0 Å². The van der Waals surface area contributed by atoms with E-state index in [-0.39, 0.29) is 0 Å². The Kier molecular flexibility index (Phi) is 2.42. The van der Waals surface area contributed by atoms with Crippen LogP contribution in [0, 0.1) is 6.92 Å². The summed E-state index contributed by atoms with van der Waals surface area (Å²) in [5.74, 6) is 5.93. The fourth-order valence-corrected chi connectivity index (χ4v) is 1.80. The van der Waals surface area contributed by atoms with Gasteiger partial charge in [0.15, 0.2) is 5.82 Å². The number of nitrogens with one attached hydrogen (secondary N) is 1. The van der Waals surface area contributed by atoms with E-state index < -0.39 is 0 Å². The second-order valence-corrected chi connectivity index (χ2v) is 3.94. The minimum absolute atomic E-state index is 0.411. The summed E-state index contributed by atoms with van der Waals surface area (Å²) in [4.78, 5) is 8.07. The van der Waals surface area contributed by atoms with Gasteiger partial charge in [0.05, 0.1) is 0 Å². The zero-order valence-corrected chi connectivity index (χ0v) is 9.71. The van der Waals surface area contributed by atoms with Gasteiger partial charge in [0, 0.05) is 5.56 Å². The number of rotatable bonds is 2. The highest BCUT2D eigenvalue weighted by molar-refractivity contribution is 5.97. The van der Waals surface area contributed by atoms with Gasteiger partial charge < -0.3 is 9.95 Å². The highest BCUT2D eigenvalue weighted by Crippen LogP contribution is 2.30. The Morgan fingerprint density at radius 3 is 2.67 bits per heavy atom. The summed E-state index contributed by atoms with van der Waals surface area (Å²) in [6, 6.07) is 7.96. The first-order valence-electron chi connectivity index (χ1n) is 5.43. The fraction of sp³-hybridized carbons (Fsp3) is 0.0833. The summed E-state index contributed by atoms with van der Waals surface area (Å²) in [6.07, 6.45) is 1.38. The van der Waals surface area contributed by atoms with Crippen molar-refractivity contribution in [1.29, 1.82) is 0 Å². The maximum Gasteiger partial charge on any atom is 0.263 e. The van der Waals surface area contributed by atoms with E-state index in [1.807, 2.05) is 31.2 Å². The van der Waals surface area contributed by atoms with Gasteiger partial charge in [0.1, 0.15) is 17.4 Å². The number of hydrogen-bond acceptors (Lipinski definition) is 6. The first kappa shape index (κ1) is 10.7. The maximum absolute atomic E-state index is 5.44. The SMILES string of the molecule is Cc1ccc(-c2noc3ncnc(NN)c23)cc1. The van der Waals surface area contributed by atoms with Gasteiger partial charge in [0.2, 0.25) is 0 Å². The van der Waals surface area contributed by atoms with Crippen LogP contribution in [0.3, 0.4) is 0 Å². The smallest absolute Gasteiger partial charge is 0.263 e. The fourth-order valence-electron chi connectivity index (χ4n) is 1.80. The molecular formula is C12H11N5O. The maximum atomic E-state index is 5.44. The first-order valence-corrected chi connectivity index (χ1v) is 5.43. The molecule has 0 aliphatic heterocycles. The van der Waals surface area contributed by atoms with Gasteiger partial charge in [-0.05, 0) is 6.92 Å². The number of aryl methyl sites for hydroxylation is 1. The number of hydrazine groups is 1. The molecular weight excluding hydrogens is 230 g/mol. The number of hydrogen-bond donors (Lipinski definition) is 2. The van der Waals surface area contributed by atoms with E-state index in [1.54, 1.807) is 0 Å². The molecule has 0 spiro atoms. The predicted octanol–water partition coefficient (Wildman–Crippen LogP) is 1.88. The highest BCUT2D eigenvalue weighted by Gasteiger charge is 2.15. The molecule has 0 amide bonds. The Balaban J connectivity index is 2.26. The van der Waals surface area contributed by atoms with Crippen LogP contribution in [0.1, 0.15) is 5.56 Å². The van der Waals surface area contributed by atoms with Crippen molar-refractivity contribution in [2.75, 3.05) is 5.43 Å². The van der Waals surface area contributed by atoms with Crippen LogP contribution in [0.15, 0.2) is 35.1 Å². The van der Waals surface area contributed by atoms with Crippen molar-refractivity contribution >= 4 is 16.9 Å². The molecule has 0 unspecified atom stereocenters. The molecule has 0 aliphatic carbocycles. The average Bonchev–Trinajstić information content (AvgIpc) is 2.83. The van der Waals surface area contributed by atoms with Crippen LogP contribution < -0.4 is 11.3 Å². The van der Waals surface area contributed by atoms with Gasteiger partial charge in [-0.15, -0.1) is 0 Å². The standard InChI is InChI=1S/C12H11N5O/c1-7-2-4-8(5-3-7)10-9-11(16-13)14-6-15-12(9)18-17-10/h2-6H,13H2,1H3,(H,14,15,16). The lowest BCUT2D eigenvalue weighted by molar-refractivity contribution is 0.451. The third kappa shape index (κ3) is 1.59. The number of nitrogens with zero attached hydrogens (tertiary/aromatic N) is 3. The Morgan fingerprint density at radius 2 is 1.94 bits per heavy atom. The molecule has 1 aromatic carbocycles. The number of nitrogens with two attached hydrogens (primary N) is 1. The van der Waals surface area contributed by atoms with Gasteiger partial charge in [-0.1, -0.05) is 35.0 Å². The van der Waals surface area contributed by atoms with Gasteiger partial charge in [-0.2, -0.15) is 4.98 Å². The molecule has 90 valence electrons. The van der Waals surface area contributed by atoms with E-state index in [2.05, 4.69) is 20.6 Å². The van der Waals surface area contributed by atoms with Crippen LogP contribution in [0.2, 0.25) is 0 Å². The minimum Gasteiger partial charge on any atom is -0.335 e. The Bertz CT molecular complexity index is 689. The molecule has 0 aliphatic rings. The number of aromatic nitrogens is 3. The molecule has 6 heteroatoms. The van der Waals surface area contributed by atoms with Crippen LogP contribution in [0.5, 0.6) is 0 Å². The van der Waals surface area contributed by atoms with Crippen molar-refractivity contribution in [2.24, 2.45) is 5.84 Å². The van der Waals surface area contributed by atoms with Gasteiger partial charge in [-0.25, -0.2) is 10.8 Å². The lowest BCUT2D eigenvalue weighted by Crippen LogP contribution is -2.09. The van der Waals surface area contributed by atoms with Crippen LogP contribution in [0.25, 0.3) is 22.4 Å². The van der Waals surface area contributed by atoms with Crippen LogP contribution >= 0.6 is 0 Å². The lowest BCUT2D eigenvalue weighted by Gasteiger charge is -2.01. The third-order valence-electron chi connectivity index (χ3n) is 2.73. The third-order valence-corrected chi connectivity index (χ3v) is 2.73. The molecule has 6 nitrogen and oxygen atoms in total. The van der Waals surface area contributed by atoms with Gasteiger partial charge >= 0.3 is 0 Å². The van der Waals surface area contributed by atoms with Crippen molar-refractivity contribution in [3.05, 3.63) is 36.2 Å². The Labute approximate surface area is 103 Å². The van der Waals surface area contributed by atoms with Crippen molar-refractivity contribution in [3.63, 3.8) is 0 Å². The van der Waals surface area contributed by atoms with Crippen molar-refractivity contribution < 1.29 is 4.52 Å². The summed E-state index contributed by atoms with van der Waals surface area (Å²) < 4.78 is 5.18. The largest absolute Gasteiger partial charge is 0.335 e. The van der Waals surface area contributed by atoms with Gasteiger partial charge in [-0.3, -0.25) is 0 Å². The first-order chi connectivity index (χ1) is 8.79. The molecule has 3 rings (SSSR count). The Hall–Kier alpha value is -2.47. The van der Waals surface area contributed by atoms with E-state index in [0.29, 0.717) is 22.6 Å². The molecule has 2 heterocycles. The monoisotopic (exact) mass is 241 g/mol. The summed E-state index contributed by atoms with van der Waals surface area (Å²) >= 11 is 0. The molecule has 18 heavy (non-hydrogen) atoms. The minimum atomic E-state index is 0.411. The summed E-state index contributed by atoms with van der Waals surface area (Å²) in [6.45, 7) is 2.03. The zero-order valence-electron chi connectivity index (χ0n) is 9.71. The summed E-state index contributed by atoms with van der Waals surface area (Å²) in [7, 11) is 0. The van der Waals surface area contributed by atoms with Crippen molar-refractivity contribution in [1.82, 2.24) is 15.1 Å². The van der Waals surface area contributed by atoms with Crippen LogP contribution in [0.4, 0.5) is 5.82 Å². The number of anilines is 1. The van der Waals surface area contributed by atoms with E-state index in [0.717, 1.165) is 5.56 Å².